The molecule has 2 heterocycles. The van der Waals surface area contributed by atoms with Crippen molar-refractivity contribution in [2.75, 3.05) is 27.2 Å². The maximum absolute atomic E-state index is 13.9. The van der Waals surface area contributed by atoms with Gasteiger partial charge in [-0.15, -0.1) is 0 Å². The first-order valence-corrected chi connectivity index (χ1v) is 9.19. The quantitative estimate of drug-likeness (QED) is 0.864. The molecule has 1 aliphatic carbocycles. The normalized spacial score (nSPS) is 26.1. The van der Waals surface area contributed by atoms with E-state index in [1.807, 2.05) is 7.05 Å². The first-order valence-electron chi connectivity index (χ1n) is 9.19. The third kappa shape index (κ3) is 3.80. The summed E-state index contributed by atoms with van der Waals surface area (Å²) in [6.45, 7) is 4.63. The lowest BCUT2D eigenvalue weighted by Gasteiger charge is -2.28. The maximum Gasteiger partial charge on any atom is 0.272 e. The van der Waals surface area contributed by atoms with Gasteiger partial charge >= 0.3 is 0 Å². The molecule has 0 radical (unpaired) electrons. The minimum atomic E-state index is -2.63. The van der Waals surface area contributed by atoms with Crippen LogP contribution in [0.3, 0.4) is 0 Å². The summed E-state index contributed by atoms with van der Waals surface area (Å²) in [4.78, 5) is 2.22. The SMILES string of the molecule is CNCCN(C)Cc1nn2c(c1C1CCC(C)CC1)CC(F)(F)C2. The highest BCUT2D eigenvalue weighted by Crippen LogP contribution is 2.42. The van der Waals surface area contributed by atoms with E-state index in [-0.39, 0.29) is 13.0 Å². The molecule has 0 aromatic carbocycles. The van der Waals surface area contributed by atoms with Crippen LogP contribution in [0, 0.1) is 5.92 Å². The molecule has 0 atom stereocenters. The Labute approximate surface area is 143 Å². The van der Waals surface area contributed by atoms with E-state index in [1.54, 1.807) is 4.68 Å². The Morgan fingerprint density at radius 3 is 2.67 bits per heavy atom. The standard InChI is InChI=1S/C18H30F2N4/c1-13-4-6-14(7-5-13)17-15(11-23(3)9-8-21-2)22-24-12-18(19,20)10-16(17)24/h13-14,21H,4-12H2,1-3H3. The number of nitrogens with zero attached hydrogens (tertiary/aromatic N) is 3. The lowest BCUT2D eigenvalue weighted by atomic mass is 9.78. The zero-order chi connectivity index (χ0) is 17.3. The second-order valence-electron chi connectivity index (χ2n) is 7.80. The zero-order valence-electron chi connectivity index (χ0n) is 15.1. The van der Waals surface area contributed by atoms with Crippen LogP contribution in [0.25, 0.3) is 0 Å². The van der Waals surface area contributed by atoms with E-state index >= 15 is 0 Å². The van der Waals surface area contributed by atoms with Crippen molar-refractivity contribution in [3.05, 3.63) is 17.0 Å². The lowest BCUT2D eigenvalue weighted by molar-refractivity contribution is 0.000667. The van der Waals surface area contributed by atoms with Crippen molar-refractivity contribution < 1.29 is 8.78 Å². The lowest BCUT2D eigenvalue weighted by Crippen LogP contribution is -2.28. The Hall–Kier alpha value is -1.01. The largest absolute Gasteiger partial charge is 0.318 e. The van der Waals surface area contributed by atoms with E-state index < -0.39 is 5.92 Å². The highest BCUT2D eigenvalue weighted by atomic mass is 19.3. The number of halogens is 2. The van der Waals surface area contributed by atoms with Gasteiger partial charge in [0.15, 0.2) is 0 Å². The van der Waals surface area contributed by atoms with Crippen LogP contribution in [-0.2, 0) is 19.5 Å². The van der Waals surface area contributed by atoms with Crippen molar-refractivity contribution in [1.29, 1.82) is 0 Å². The molecule has 0 saturated heterocycles. The van der Waals surface area contributed by atoms with Crippen LogP contribution < -0.4 is 5.32 Å². The van der Waals surface area contributed by atoms with Crippen LogP contribution in [0.2, 0.25) is 0 Å². The number of aromatic nitrogens is 2. The molecule has 6 heteroatoms. The van der Waals surface area contributed by atoms with Crippen molar-refractivity contribution in [1.82, 2.24) is 20.0 Å². The Morgan fingerprint density at radius 1 is 1.29 bits per heavy atom. The van der Waals surface area contributed by atoms with Gasteiger partial charge in [0.25, 0.3) is 5.92 Å². The molecule has 1 fully saturated rings. The molecule has 0 bridgehead atoms. The second kappa shape index (κ2) is 7.08. The van der Waals surface area contributed by atoms with E-state index in [0.29, 0.717) is 5.92 Å². The van der Waals surface area contributed by atoms with Gasteiger partial charge in [-0.1, -0.05) is 19.8 Å². The minimum Gasteiger partial charge on any atom is -0.318 e. The molecule has 1 aromatic rings. The molecule has 4 nitrogen and oxygen atoms in total. The molecule has 1 aliphatic heterocycles. The smallest absolute Gasteiger partial charge is 0.272 e. The fourth-order valence-electron chi connectivity index (χ4n) is 4.18. The molecule has 1 aromatic heterocycles. The molecule has 0 unspecified atom stereocenters. The van der Waals surface area contributed by atoms with Gasteiger partial charge in [-0.25, -0.2) is 8.78 Å². The van der Waals surface area contributed by atoms with E-state index in [4.69, 9.17) is 0 Å². The Balaban J connectivity index is 1.83. The number of likely N-dealkylation sites (N-methyl/N-ethyl adjacent to an activating group) is 2. The minimum absolute atomic E-state index is 0.137. The monoisotopic (exact) mass is 340 g/mol. The summed E-state index contributed by atoms with van der Waals surface area (Å²) in [7, 11) is 4.01. The van der Waals surface area contributed by atoms with Crippen LogP contribution in [0.4, 0.5) is 8.78 Å². The molecule has 0 spiro atoms. The fraction of sp³-hybridized carbons (Fsp3) is 0.833. The van der Waals surface area contributed by atoms with Gasteiger partial charge < -0.3 is 5.32 Å². The van der Waals surface area contributed by atoms with Gasteiger partial charge in [0.2, 0.25) is 0 Å². The predicted molar refractivity (Wildman–Crippen MR) is 91.5 cm³/mol. The van der Waals surface area contributed by atoms with E-state index in [1.165, 1.54) is 12.8 Å². The Bertz CT molecular complexity index is 562. The summed E-state index contributed by atoms with van der Waals surface area (Å²) < 4.78 is 29.3. The van der Waals surface area contributed by atoms with E-state index in [0.717, 1.165) is 55.3 Å². The average molecular weight is 340 g/mol. The van der Waals surface area contributed by atoms with Crippen molar-refractivity contribution in [3.63, 3.8) is 0 Å². The molecular formula is C18H30F2N4. The van der Waals surface area contributed by atoms with Crippen molar-refractivity contribution in [2.45, 2.75) is 64.0 Å². The third-order valence-electron chi connectivity index (χ3n) is 5.57. The van der Waals surface area contributed by atoms with E-state index in [9.17, 15) is 8.78 Å². The van der Waals surface area contributed by atoms with Crippen molar-refractivity contribution in [2.24, 2.45) is 5.92 Å². The van der Waals surface area contributed by atoms with Crippen LogP contribution in [0.5, 0.6) is 0 Å². The number of rotatable bonds is 6. The number of fused-ring (bicyclic) bond motifs is 1. The molecule has 0 amide bonds. The highest BCUT2D eigenvalue weighted by Gasteiger charge is 2.42. The Morgan fingerprint density at radius 2 is 2.00 bits per heavy atom. The van der Waals surface area contributed by atoms with Crippen LogP contribution in [0.1, 0.15) is 55.5 Å². The molecule has 1 N–H and O–H groups in total. The maximum atomic E-state index is 13.9. The molecule has 1 saturated carbocycles. The summed E-state index contributed by atoms with van der Waals surface area (Å²) in [5.41, 5.74) is 2.98. The van der Waals surface area contributed by atoms with E-state index in [2.05, 4.69) is 29.3 Å². The summed E-state index contributed by atoms with van der Waals surface area (Å²) in [5, 5.41) is 7.75. The van der Waals surface area contributed by atoms with Gasteiger partial charge in [0, 0.05) is 30.9 Å². The van der Waals surface area contributed by atoms with Crippen molar-refractivity contribution >= 4 is 0 Å². The van der Waals surface area contributed by atoms with Gasteiger partial charge in [-0.05, 0) is 38.8 Å². The summed E-state index contributed by atoms with van der Waals surface area (Å²) in [5.74, 6) is -1.46. The van der Waals surface area contributed by atoms with Crippen LogP contribution in [0.15, 0.2) is 0 Å². The first kappa shape index (κ1) is 17.8. The average Bonchev–Trinajstić information content (AvgIpc) is 2.97. The molecule has 2 aliphatic rings. The number of nitrogens with one attached hydrogen (secondary N) is 1. The first-order chi connectivity index (χ1) is 11.4. The zero-order valence-corrected chi connectivity index (χ0v) is 15.1. The topological polar surface area (TPSA) is 33.1 Å². The van der Waals surface area contributed by atoms with Crippen LogP contribution in [-0.4, -0.2) is 47.8 Å². The molecule has 3 rings (SSSR count). The van der Waals surface area contributed by atoms with Gasteiger partial charge in [-0.3, -0.25) is 9.58 Å². The summed E-state index contributed by atoms with van der Waals surface area (Å²) in [6.07, 6.45) is 4.47. The van der Waals surface area contributed by atoms with Crippen LogP contribution >= 0.6 is 0 Å². The number of alkyl halides is 2. The second-order valence-corrected chi connectivity index (χ2v) is 7.80. The summed E-state index contributed by atoms with van der Waals surface area (Å²) in [6, 6.07) is 0. The van der Waals surface area contributed by atoms with Gasteiger partial charge in [0.05, 0.1) is 12.1 Å². The predicted octanol–water partition coefficient (Wildman–Crippen LogP) is 3.02. The van der Waals surface area contributed by atoms with Gasteiger partial charge in [-0.2, -0.15) is 5.10 Å². The highest BCUT2D eigenvalue weighted by molar-refractivity contribution is 5.34. The Kier molecular flexibility index (Phi) is 5.25. The number of hydrogen-bond donors (Lipinski definition) is 1. The van der Waals surface area contributed by atoms with Crippen molar-refractivity contribution in [3.8, 4) is 0 Å². The number of hydrogen-bond acceptors (Lipinski definition) is 3. The molecular weight excluding hydrogens is 310 g/mol. The third-order valence-corrected chi connectivity index (χ3v) is 5.57. The molecule has 24 heavy (non-hydrogen) atoms. The summed E-state index contributed by atoms with van der Waals surface area (Å²) >= 11 is 0. The molecule has 136 valence electrons. The van der Waals surface area contributed by atoms with Gasteiger partial charge in [0.1, 0.15) is 6.54 Å². The fourth-order valence-corrected chi connectivity index (χ4v) is 4.18.